The van der Waals surface area contributed by atoms with Crippen molar-refractivity contribution in [3.05, 3.63) is 72.6 Å². The lowest BCUT2D eigenvalue weighted by molar-refractivity contribution is 0.415. The summed E-state index contributed by atoms with van der Waals surface area (Å²) in [6.07, 6.45) is 0. The largest absolute Gasteiger partial charge is 0.497 e. The Balaban J connectivity index is 1.57. The highest BCUT2D eigenvalue weighted by Crippen LogP contribution is 2.32. The summed E-state index contributed by atoms with van der Waals surface area (Å²) in [6.45, 7) is 2.00. The molecule has 2 heterocycles. The van der Waals surface area contributed by atoms with Crippen LogP contribution in [0.5, 0.6) is 5.75 Å². The Labute approximate surface area is 174 Å². The Morgan fingerprint density at radius 1 is 0.900 bits per heavy atom. The van der Waals surface area contributed by atoms with Crippen molar-refractivity contribution in [3.63, 3.8) is 0 Å². The molecule has 30 heavy (non-hydrogen) atoms. The average molecular weight is 395 g/mol. The number of hydrogen-bond donors (Lipinski definition) is 1. The molecule has 0 amide bonds. The summed E-state index contributed by atoms with van der Waals surface area (Å²) in [7, 11) is 3.68. The van der Waals surface area contributed by atoms with Gasteiger partial charge in [-0.2, -0.15) is 0 Å². The van der Waals surface area contributed by atoms with Gasteiger partial charge in [0.2, 0.25) is 0 Å². The third kappa shape index (κ3) is 3.03. The molecule has 0 radical (unpaired) electrons. The Morgan fingerprint density at radius 3 is 2.43 bits per heavy atom. The van der Waals surface area contributed by atoms with Crippen molar-refractivity contribution in [2.75, 3.05) is 12.4 Å². The van der Waals surface area contributed by atoms with Gasteiger partial charge < -0.3 is 14.6 Å². The first-order chi connectivity index (χ1) is 14.6. The summed E-state index contributed by atoms with van der Waals surface area (Å²) in [6, 6.07) is 22.2. The van der Waals surface area contributed by atoms with Gasteiger partial charge in [-0.15, -0.1) is 10.2 Å². The lowest BCUT2D eigenvalue weighted by Gasteiger charge is -2.11. The lowest BCUT2D eigenvalue weighted by Crippen LogP contribution is -1.99. The zero-order chi connectivity index (χ0) is 20.7. The number of nitrogens with zero attached hydrogens (tertiary/aromatic N) is 4. The SMILES string of the molecule is COc1ccc(-c2nnc(Nc3ccc4c(c3)nc(C)n4C)c3ccccc23)cc1. The first-order valence-electron chi connectivity index (χ1n) is 9.74. The summed E-state index contributed by atoms with van der Waals surface area (Å²) in [5.74, 6) is 2.51. The highest BCUT2D eigenvalue weighted by molar-refractivity contribution is 6.01. The quantitative estimate of drug-likeness (QED) is 0.451. The molecule has 0 unspecified atom stereocenters. The molecule has 0 aliphatic carbocycles. The molecule has 0 aliphatic heterocycles. The Hall–Kier alpha value is -3.93. The number of rotatable bonds is 4. The number of methoxy groups -OCH3 is 1. The van der Waals surface area contributed by atoms with E-state index in [4.69, 9.17) is 4.74 Å². The van der Waals surface area contributed by atoms with Gasteiger partial charge >= 0.3 is 0 Å². The lowest BCUT2D eigenvalue weighted by atomic mass is 10.0. The van der Waals surface area contributed by atoms with Gasteiger partial charge in [0.15, 0.2) is 5.82 Å². The Bertz CT molecular complexity index is 1370. The second kappa shape index (κ2) is 7.15. The molecule has 0 fully saturated rings. The number of fused-ring (bicyclic) bond motifs is 2. The van der Waals surface area contributed by atoms with Gasteiger partial charge in [-0.05, 0) is 49.4 Å². The number of aryl methyl sites for hydroxylation is 2. The van der Waals surface area contributed by atoms with Crippen LogP contribution in [0, 0.1) is 6.92 Å². The smallest absolute Gasteiger partial charge is 0.161 e. The third-order valence-corrected chi connectivity index (χ3v) is 5.42. The molecule has 0 saturated carbocycles. The molecule has 6 nitrogen and oxygen atoms in total. The van der Waals surface area contributed by atoms with E-state index in [1.165, 1.54) is 0 Å². The molecule has 1 N–H and O–H groups in total. The number of ether oxygens (including phenoxy) is 1. The maximum Gasteiger partial charge on any atom is 0.161 e. The fraction of sp³-hybridized carbons (Fsp3) is 0.125. The highest BCUT2D eigenvalue weighted by atomic mass is 16.5. The first-order valence-corrected chi connectivity index (χ1v) is 9.74. The third-order valence-electron chi connectivity index (χ3n) is 5.42. The van der Waals surface area contributed by atoms with Crippen molar-refractivity contribution in [3.8, 4) is 17.0 Å². The van der Waals surface area contributed by atoms with Crippen LogP contribution in [0.1, 0.15) is 5.82 Å². The molecule has 6 heteroatoms. The molecule has 2 aromatic heterocycles. The van der Waals surface area contributed by atoms with E-state index in [9.17, 15) is 0 Å². The van der Waals surface area contributed by atoms with Crippen LogP contribution >= 0.6 is 0 Å². The number of anilines is 2. The number of hydrogen-bond acceptors (Lipinski definition) is 5. The van der Waals surface area contributed by atoms with Crippen LogP contribution in [-0.2, 0) is 7.05 Å². The number of benzene rings is 3. The zero-order valence-electron chi connectivity index (χ0n) is 17.0. The minimum Gasteiger partial charge on any atom is -0.497 e. The van der Waals surface area contributed by atoms with E-state index >= 15 is 0 Å². The summed E-state index contributed by atoms with van der Waals surface area (Å²) < 4.78 is 7.35. The van der Waals surface area contributed by atoms with Gasteiger partial charge in [-0.25, -0.2) is 4.98 Å². The molecule has 3 aromatic carbocycles. The first kappa shape index (κ1) is 18.1. The van der Waals surface area contributed by atoms with Crippen molar-refractivity contribution in [2.24, 2.45) is 7.05 Å². The van der Waals surface area contributed by atoms with Crippen LogP contribution in [-0.4, -0.2) is 26.9 Å². The summed E-state index contributed by atoms with van der Waals surface area (Å²) in [4.78, 5) is 4.62. The number of imidazole rings is 1. The maximum absolute atomic E-state index is 5.26. The van der Waals surface area contributed by atoms with E-state index in [2.05, 4.69) is 43.3 Å². The molecule has 0 saturated heterocycles. The zero-order valence-corrected chi connectivity index (χ0v) is 17.0. The molecular weight excluding hydrogens is 374 g/mol. The van der Waals surface area contributed by atoms with E-state index in [-0.39, 0.29) is 0 Å². The standard InChI is InChI=1S/C24H21N5O/c1-15-25-21-14-17(10-13-22(21)29(15)2)26-24-20-7-5-4-6-19(20)23(27-28-24)16-8-11-18(30-3)12-9-16/h4-14H,1-3H3,(H,26,28). The molecule has 5 rings (SSSR count). The summed E-state index contributed by atoms with van der Waals surface area (Å²) in [5, 5.41) is 14.5. The van der Waals surface area contributed by atoms with Gasteiger partial charge in [0.05, 0.1) is 18.1 Å². The van der Waals surface area contributed by atoms with Crippen molar-refractivity contribution in [1.29, 1.82) is 0 Å². The van der Waals surface area contributed by atoms with Gasteiger partial charge in [-0.1, -0.05) is 24.3 Å². The second-order valence-electron chi connectivity index (χ2n) is 7.22. The molecule has 0 atom stereocenters. The Kier molecular flexibility index (Phi) is 4.32. The summed E-state index contributed by atoms with van der Waals surface area (Å²) in [5.41, 5.74) is 4.82. The van der Waals surface area contributed by atoms with Crippen molar-refractivity contribution >= 4 is 33.3 Å². The predicted octanol–water partition coefficient (Wildman–Crippen LogP) is 5.24. The van der Waals surface area contributed by atoms with Gasteiger partial charge in [0, 0.05) is 29.1 Å². The van der Waals surface area contributed by atoms with E-state index in [1.807, 2.05) is 62.5 Å². The van der Waals surface area contributed by atoms with Gasteiger partial charge in [-0.3, -0.25) is 0 Å². The van der Waals surface area contributed by atoms with E-state index in [0.29, 0.717) is 0 Å². The summed E-state index contributed by atoms with van der Waals surface area (Å²) >= 11 is 0. The minimum atomic E-state index is 0.717. The fourth-order valence-corrected chi connectivity index (χ4v) is 3.69. The molecule has 148 valence electrons. The van der Waals surface area contributed by atoms with Crippen LogP contribution in [0.25, 0.3) is 33.1 Å². The normalized spacial score (nSPS) is 11.2. The van der Waals surface area contributed by atoms with Crippen LogP contribution < -0.4 is 10.1 Å². The van der Waals surface area contributed by atoms with E-state index in [0.717, 1.165) is 56.1 Å². The minimum absolute atomic E-state index is 0.717. The predicted molar refractivity (Wildman–Crippen MR) is 120 cm³/mol. The van der Waals surface area contributed by atoms with Crippen LogP contribution in [0.15, 0.2) is 66.7 Å². The molecule has 0 bridgehead atoms. The van der Waals surface area contributed by atoms with Crippen molar-refractivity contribution in [1.82, 2.24) is 19.7 Å². The average Bonchev–Trinajstić information content (AvgIpc) is 3.07. The van der Waals surface area contributed by atoms with Gasteiger partial charge in [0.25, 0.3) is 0 Å². The van der Waals surface area contributed by atoms with Crippen molar-refractivity contribution < 1.29 is 4.74 Å². The van der Waals surface area contributed by atoms with Gasteiger partial charge in [0.1, 0.15) is 17.3 Å². The van der Waals surface area contributed by atoms with Crippen LogP contribution in [0.2, 0.25) is 0 Å². The molecular formula is C24H21N5O. The topological polar surface area (TPSA) is 64.9 Å². The van der Waals surface area contributed by atoms with Crippen LogP contribution in [0.4, 0.5) is 11.5 Å². The number of nitrogens with one attached hydrogen (secondary N) is 1. The van der Waals surface area contributed by atoms with Crippen molar-refractivity contribution in [2.45, 2.75) is 6.92 Å². The van der Waals surface area contributed by atoms with Crippen LogP contribution in [0.3, 0.4) is 0 Å². The fourth-order valence-electron chi connectivity index (χ4n) is 3.69. The second-order valence-corrected chi connectivity index (χ2v) is 7.22. The van der Waals surface area contributed by atoms with E-state index < -0.39 is 0 Å². The monoisotopic (exact) mass is 395 g/mol. The highest BCUT2D eigenvalue weighted by Gasteiger charge is 2.12. The maximum atomic E-state index is 5.26. The Morgan fingerprint density at radius 2 is 1.67 bits per heavy atom. The molecule has 5 aromatic rings. The molecule has 0 spiro atoms. The molecule has 0 aliphatic rings. The number of aromatic nitrogens is 4. The van der Waals surface area contributed by atoms with E-state index in [1.54, 1.807) is 7.11 Å².